The quantitative estimate of drug-likeness (QED) is 0.393. The van der Waals surface area contributed by atoms with Crippen molar-refractivity contribution in [3.05, 3.63) is 62.8 Å². The second-order valence-electron chi connectivity index (χ2n) is 7.96. The summed E-state index contributed by atoms with van der Waals surface area (Å²) in [4.78, 5) is 27.5. The predicted octanol–water partition coefficient (Wildman–Crippen LogP) is 4.89. The highest BCUT2D eigenvalue weighted by molar-refractivity contribution is 7.92. The zero-order valence-corrected chi connectivity index (χ0v) is 22.6. The molecule has 7 nitrogen and oxygen atoms in total. The average molecular weight is 567 g/mol. The highest BCUT2D eigenvalue weighted by Crippen LogP contribution is 2.26. The smallest absolute Gasteiger partial charge is 0.244 e. The topological polar surface area (TPSA) is 86.8 Å². The summed E-state index contributed by atoms with van der Waals surface area (Å²) >= 11 is 17.9. The lowest BCUT2D eigenvalue weighted by atomic mass is 10.1. The van der Waals surface area contributed by atoms with Crippen LogP contribution in [0, 0.1) is 5.82 Å². The molecule has 0 aliphatic rings. The largest absolute Gasteiger partial charge is 0.354 e. The molecule has 35 heavy (non-hydrogen) atoms. The molecule has 0 fully saturated rings. The Morgan fingerprint density at radius 3 is 2.31 bits per heavy atom. The standard InChI is InChI=1S/C23H27Cl3FN3O4S/c1-4-5-10-28-23(32)15(2)29(13-16-6-8-18(24)19(25)11-16)22(31)14-30(35(3,33)34)17-7-9-21(27)20(26)12-17/h6-9,11-12,15H,4-5,10,13-14H2,1-3H3,(H,28,32)/t15-/m1/s1. The fourth-order valence-corrected chi connectivity index (χ4v) is 4.54. The van der Waals surface area contributed by atoms with Crippen LogP contribution in [0.3, 0.4) is 0 Å². The molecule has 0 unspecified atom stereocenters. The summed E-state index contributed by atoms with van der Waals surface area (Å²) < 4.78 is 39.5. The van der Waals surface area contributed by atoms with Crippen LogP contribution in [0.1, 0.15) is 32.3 Å². The van der Waals surface area contributed by atoms with Crippen LogP contribution in [0.2, 0.25) is 15.1 Å². The minimum Gasteiger partial charge on any atom is -0.354 e. The van der Waals surface area contributed by atoms with Crippen LogP contribution in [0.4, 0.5) is 10.1 Å². The molecule has 12 heteroatoms. The third-order valence-electron chi connectivity index (χ3n) is 5.20. The molecule has 1 N–H and O–H groups in total. The Morgan fingerprint density at radius 1 is 1.06 bits per heavy atom. The molecule has 0 heterocycles. The minimum absolute atomic E-state index is 0.0155. The van der Waals surface area contributed by atoms with E-state index in [2.05, 4.69) is 5.32 Å². The lowest BCUT2D eigenvalue weighted by Gasteiger charge is -2.31. The zero-order chi connectivity index (χ0) is 26.3. The van der Waals surface area contributed by atoms with Gasteiger partial charge in [-0.2, -0.15) is 0 Å². The van der Waals surface area contributed by atoms with E-state index in [1.54, 1.807) is 25.1 Å². The van der Waals surface area contributed by atoms with Gasteiger partial charge in [-0.1, -0.05) is 54.2 Å². The van der Waals surface area contributed by atoms with E-state index >= 15 is 0 Å². The number of rotatable bonds is 11. The van der Waals surface area contributed by atoms with E-state index in [1.807, 2.05) is 6.92 Å². The van der Waals surface area contributed by atoms with Crippen molar-refractivity contribution in [2.24, 2.45) is 0 Å². The van der Waals surface area contributed by atoms with E-state index in [1.165, 1.54) is 11.0 Å². The Bertz CT molecular complexity index is 1180. The highest BCUT2D eigenvalue weighted by Gasteiger charge is 2.30. The zero-order valence-electron chi connectivity index (χ0n) is 19.5. The van der Waals surface area contributed by atoms with Crippen molar-refractivity contribution in [3.8, 4) is 0 Å². The minimum atomic E-state index is -3.96. The van der Waals surface area contributed by atoms with Gasteiger partial charge in [-0.05, 0) is 49.2 Å². The number of carbonyl (C=O) groups excluding carboxylic acids is 2. The predicted molar refractivity (Wildman–Crippen MR) is 138 cm³/mol. The van der Waals surface area contributed by atoms with E-state index in [0.29, 0.717) is 17.1 Å². The molecule has 0 radical (unpaired) electrons. The highest BCUT2D eigenvalue weighted by atomic mass is 35.5. The van der Waals surface area contributed by atoms with Crippen LogP contribution < -0.4 is 9.62 Å². The molecule has 0 aromatic heterocycles. The molecule has 0 saturated carbocycles. The molecule has 192 valence electrons. The van der Waals surface area contributed by atoms with E-state index in [0.717, 1.165) is 35.5 Å². The van der Waals surface area contributed by atoms with Gasteiger partial charge in [0.15, 0.2) is 0 Å². The lowest BCUT2D eigenvalue weighted by molar-refractivity contribution is -0.139. The van der Waals surface area contributed by atoms with Gasteiger partial charge in [-0.15, -0.1) is 0 Å². The fraction of sp³-hybridized carbons (Fsp3) is 0.391. The van der Waals surface area contributed by atoms with Gasteiger partial charge in [0.05, 0.1) is 27.0 Å². The molecule has 1 atom stereocenters. The van der Waals surface area contributed by atoms with Gasteiger partial charge in [0.2, 0.25) is 21.8 Å². The number of anilines is 1. The van der Waals surface area contributed by atoms with Crippen LogP contribution in [0.5, 0.6) is 0 Å². The van der Waals surface area contributed by atoms with Crippen LogP contribution in [-0.4, -0.2) is 50.5 Å². The molecule has 2 aromatic rings. The Morgan fingerprint density at radius 2 is 1.74 bits per heavy atom. The number of amides is 2. The molecule has 2 aromatic carbocycles. The van der Waals surface area contributed by atoms with Crippen LogP contribution in [0.25, 0.3) is 0 Å². The maximum Gasteiger partial charge on any atom is 0.244 e. The van der Waals surface area contributed by atoms with Gasteiger partial charge < -0.3 is 10.2 Å². The number of nitrogens with zero attached hydrogens (tertiary/aromatic N) is 2. The van der Waals surface area contributed by atoms with Crippen molar-refractivity contribution in [2.75, 3.05) is 23.7 Å². The average Bonchev–Trinajstić information content (AvgIpc) is 2.78. The normalized spacial score (nSPS) is 12.2. The number of benzene rings is 2. The lowest BCUT2D eigenvalue weighted by Crippen LogP contribution is -2.51. The molecule has 0 bridgehead atoms. The van der Waals surface area contributed by atoms with Gasteiger partial charge in [0.25, 0.3) is 0 Å². The Kier molecular flexibility index (Phi) is 10.6. The number of hydrogen-bond acceptors (Lipinski definition) is 4. The first kappa shape index (κ1) is 29.2. The molecule has 0 saturated heterocycles. The van der Waals surface area contributed by atoms with Crippen molar-refractivity contribution in [1.82, 2.24) is 10.2 Å². The number of hydrogen-bond donors (Lipinski definition) is 1. The van der Waals surface area contributed by atoms with Crippen molar-refractivity contribution < 1.29 is 22.4 Å². The summed E-state index contributed by atoms with van der Waals surface area (Å²) in [5.74, 6) is -1.77. The van der Waals surface area contributed by atoms with Gasteiger partial charge in [-0.25, -0.2) is 12.8 Å². The van der Waals surface area contributed by atoms with E-state index in [-0.39, 0.29) is 28.2 Å². The molecule has 2 rings (SSSR count). The maximum atomic E-state index is 13.6. The van der Waals surface area contributed by atoms with Crippen molar-refractivity contribution >= 4 is 62.3 Å². The third-order valence-corrected chi connectivity index (χ3v) is 7.37. The molecule has 0 aliphatic carbocycles. The first-order valence-corrected chi connectivity index (χ1v) is 13.8. The molecule has 0 aliphatic heterocycles. The van der Waals surface area contributed by atoms with Crippen molar-refractivity contribution in [3.63, 3.8) is 0 Å². The first-order chi connectivity index (χ1) is 16.3. The molecule has 0 spiro atoms. The van der Waals surface area contributed by atoms with E-state index < -0.39 is 34.3 Å². The van der Waals surface area contributed by atoms with Gasteiger partial charge in [-0.3, -0.25) is 13.9 Å². The number of sulfonamides is 1. The van der Waals surface area contributed by atoms with Crippen LogP contribution in [0.15, 0.2) is 36.4 Å². The van der Waals surface area contributed by atoms with Crippen LogP contribution in [-0.2, 0) is 26.2 Å². The number of carbonyl (C=O) groups is 2. The molecular formula is C23H27Cl3FN3O4S. The van der Waals surface area contributed by atoms with Gasteiger partial charge in [0, 0.05) is 13.1 Å². The SMILES string of the molecule is CCCCNC(=O)[C@@H](C)N(Cc1ccc(Cl)c(Cl)c1)C(=O)CN(c1ccc(F)c(Cl)c1)S(C)(=O)=O. The second kappa shape index (κ2) is 12.8. The van der Waals surface area contributed by atoms with Gasteiger partial charge >= 0.3 is 0 Å². The number of unbranched alkanes of at least 4 members (excludes halogenated alkanes) is 1. The molecule has 2 amide bonds. The summed E-state index contributed by atoms with van der Waals surface area (Å²) in [5, 5.41) is 3.09. The Hall–Kier alpha value is -2.07. The number of halogens is 4. The molecular weight excluding hydrogens is 540 g/mol. The van der Waals surface area contributed by atoms with E-state index in [4.69, 9.17) is 34.8 Å². The second-order valence-corrected chi connectivity index (χ2v) is 11.1. The first-order valence-electron chi connectivity index (χ1n) is 10.8. The Labute approximate surface area is 220 Å². The maximum absolute atomic E-state index is 13.6. The monoisotopic (exact) mass is 565 g/mol. The summed E-state index contributed by atoms with van der Waals surface area (Å²) in [5.41, 5.74) is 0.610. The van der Waals surface area contributed by atoms with Crippen molar-refractivity contribution in [2.45, 2.75) is 39.3 Å². The Balaban J connectivity index is 2.39. The van der Waals surface area contributed by atoms with Gasteiger partial charge in [0.1, 0.15) is 18.4 Å². The fourth-order valence-electron chi connectivity index (χ4n) is 3.21. The van der Waals surface area contributed by atoms with Crippen molar-refractivity contribution in [1.29, 1.82) is 0 Å². The summed E-state index contributed by atoms with van der Waals surface area (Å²) in [6, 6.07) is 7.21. The summed E-state index contributed by atoms with van der Waals surface area (Å²) in [6.45, 7) is 3.32. The van der Waals surface area contributed by atoms with Crippen LogP contribution >= 0.6 is 34.8 Å². The summed E-state index contributed by atoms with van der Waals surface area (Å²) in [7, 11) is -3.96. The third kappa shape index (κ3) is 8.24. The number of nitrogens with one attached hydrogen (secondary N) is 1. The van der Waals surface area contributed by atoms with E-state index in [9.17, 15) is 22.4 Å². The summed E-state index contributed by atoms with van der Waals surface area (Å²) in [6.07, 6.45) is 2.57.